The quantitative estimate of drug-likeness (QED) is 0.759. The molecule has 4 heteroatoms. The van der Waals surface area contributed by atoms with E-state index < -0.39 is 6.10 Å². The third kappa shape index (κ3) is 3.72. The lowest BCUT2D eigenvalue weighted by Gasteiger charge is -2.32. The van der Waals surface area contributed by atoms with Crippen LogP contribution >= 0.6 is 11.6 Å². The molecule has 0 amide bonds. The topological polar surface area (TPSA) is 46.5 Å². The molecule has 0 aromatic rings. The molecule has 1 fully saturated rings. The zero-order valence-corrected chi connectivity index (χ0v) is 10.7. The van der Waals surface area contributed by atoms with Gasteiger partial charge >= 0.3 is 0 Å². The molecule has 1 aliphatic carbocycles. The number of ketones is 1. The lowest BCUT2D eigenvalue weighted by molar-refractivity contribution is -0.132. The van der Waals surface area contributed by atoms with Crippen LogP contribution in [0.3, 0.4) is 0 Å². The Morgan fingerprint density at radius 1 is 1.56 bits per heavy atom. The van der Waals surface area contributed by atoms with Crippen LogP contribution in [0.15, 0.2) is 0 Å². The summed E-state index contributed by atoms with van der Waals surface area (Å²) >= 11 is 5.38. The number of ether oxygens (including phenoxy) is 1. The van der Waals surface area contributed by atoms with Crippen molar-refractivity contribution in [3.05, 3.63) is 0 Å². The Morgan fingerprint density at radius 3 is 2.81 bits per heavy atom. The van der Waals surface area contributed by atoms with E-state index in [-0.39, 0.29) is 24.4 Å². The van der Waals surface area contributed by atoms with Gasteiger partial charge in [0, 0.05) is 12.3 Å². The molecule has 1 aliphatic rings. The van der Waals surface area contributed by atoms with Crippen LogP contribution in [0.1, 0.15) is 33.1 Å². The predicted octanol–water partition coefficient (Wildman–Crippen LogP) is 2.20. The summed E-state index contributed by atoms with van der Waals surface area (Å²) in [6.45, 7) is 4.49. The molecule has 3 unspecified atom stereocenters. The first-order valence-corrected chi connectivity index (χ1v) is 6.44. The van der Waals surface area contributed by atoms with Gasteiger partial charge in [0.2, 0.25) is 0 Å². The highest BCUT2D eigenvalue weighted by Gasteiger charge is 2.34. The van der Waals surface area contributed by atoms with Gasteiger partial charge in [0.15, 0.2) is 0 Å². The summed E-state index contributed by atoms with van der Waals surface area (Å²) in [6, 6.07) is 0.0611. The van der Waals surface area contributed by atoms with Gasteiger partial charge in [-0.2, -0.15) is 0 Å². The molecule has 0 spiro atoms. The van der Waals surface area contributed by atoms with E-state index in [4.69, 9.17) is 16.3 Å². The Balaban J connectivity index is 2.51. The maximum Gasteiger partial charge on any atom is 0.138 e. The Morgan fingerprint density at radius 2 is 2.25 bits per heavy atom. The number of hydrogen-bond acceptors (Lipinski definition) is 3. The average Bonchev–Trinajstić information content (AvgIpc) is 2.26. The van der Waals surface area contributed by atoms with E-state index in [9.17, 15) is 9.90 Å². The first-order valence-electron chi connectivity index (χ1n) is 5.90. The zero-order chi connectivity index (χ0) is 12.1. The van der Waals surface area contributed by atoms with E-state index in [1.807, 2.05) is 0 Å². The van der Waals surface area contributed by atoms with E-state index in [0.29, 0.717) is 18.3 Å². The highest BCUT2D eigenvalue weighted by atomic mass is 35.5. The van der Waals surface area contributed by atoms with E-state index in [1.54, 1.807) is 0 Å². The van der Waals surface area contributed by atoms with Gasteiger partial charge in [-0.1, -0.05) is 25.4 Å². The number of carbonyl (C=O) groups excluding carboxylic acids is 1. The Kier molecular flexibility index (Phi) is 5.73. The van der Waals surface area contributed by atoms with Crippen molar-refractivity contribution in [2.45, 2.75) is 39.2 Å². The Hall–Kier alpha value is -0.120. The second-order valence-electron chi connectivity index (χ2n) is 4.90. The Bertz CT molecular complexity index is 230. The molecule has 94 valence electrons. The first-order chi connectivity index (χ1) is 7.56. The number of Topliss-reactive ketones (excluding diaryl/α,β-unsaturated/α-hetero) is 1. The number of hydrogen-bond donors (Lipinski definition) is 1. The van der Waals surface area contributed by atoms with Gasteiger partial charge in [-0.25, -0.2) is 0 Å². The lowest BCUT2D eigenvalue weighted by Crippen LogP contribution is -2.37. The highest BCUT2D eigenvalue weighted by Crippen LogP contribution is 2.33. The minimum absolute atomic E-state index is 0.0611. The molecule has 3 atom stereocenters. The maximum atomic E-state index is 11.7. The molecule has 0 radical (unpaired) electrons. The van der Waals surface area contributed by atoms with E-state index in [0.717, 1.165) is 12.8 Å². The molecule has 0 aromatic carbocycles. The van der Waals surface area contributed by atoms with Gasteiger partial charge < -0.3 is 9.84 Å². The molecular formula is C12H21ClO3. The van der Waals surface area contributed by atoms with Crippen molar-refractivity contribution < 1.29 is 14.6 Å². The third-order valence-corrected chi connectivity index (χ3v) is 3.66. The van der Waals surface area contributed by atoms with Crippen LogP contribution < -0.4 is 0 Å². The molecule has 0 heterocycles. The van der Waals surface area contributed by atoms with Crippen molar-refractivity contribution in [2.75, 3.05) is 12.7 Å². The summed E-state index contributed by atoms with van der Waals surface area (Å²) < 4.78 is 4.96. The molecule has 0 saturated heterocycles. The highest BCUT2D eigenvalue weighted by molar-refractivity contribution is 6.17. The molecule has 1 N–H and O–H groups in total. The van der Waals surface area contributed by atoms with Crippen LogP contribution in [0.4, 0.5) is 0 Å². The third-order valence-electron chi connectivity index (χ3n) is 3.50. The van der Waals surface area contributed by atoms with Gasteiger partial charge in [-0.05, 0) is 24.7 Å². The van der Waals surface area contributed by atoms with Gasteiger partial charge in [0.1, 0.15) is 11.8 Å². The SMILES string of the molecule is CC(C)C1CCC(=O)C(C(O)COCCl)C1. The second-order valence-corrected chi connectivity index (χ2v) is 5.12. The van der Waals surface area contributed by atoms with Gasteiger partial charge in [-0.3, -0.25) is 4.79 Å². The van der Waals surface area contributed by atoms with Crippen LogP contribution in [0, 0.1) is 17.8 Å². The monoisotopic (exact) mass is 248 g/mol. The van der Waals surface area contributed by atoms with E-state index >= 15 is 0 Å². The first kappa shape index (κ1) is 13.9. The smallest absolute Gasteiger partial charge is 0.138 e. The average molecular weight is 249 g/mol. The predicted molar refractivity (Wildman–Crippen MR) is 63.4 cm³/mol. The fourth-order valence-corrected chi connectivity index (χ4v) is 2.44. The number of aliphatic hydroxyl groups excluding tert-OH is 1. The number of aliphatic hydroxyl groups is 1. The lowest BCUT2D eigenvalue weighted by atomic mass is 9.73. The van der Waals surface area contributed by atoms with E-state index in [1.165, 1.54) is 0 Å². The van der Waals surface area contributed by atoms with E-state index in [2.05, 4.69) is 13.8 Å². The fraction of sp³-hybridized carbons (Fsp3) is 0.917. The molecule has 0 bridgehead atoms. The van der Waals surface area contributed by atoms with Crippen molar-refractivity contribution in [1.82, 2.24) is 0 Å². The van der Waals surface area contributed by atoms with Crippen LogP contribution in [0.2, 0.25) is 0 Å². The molecule has 16 heavy (non-hydrogen) atoms. The summed E-state index contributed by atoms with van der Waals surface area (Å²) in [5.41, 5.74) is 0. The number of rotatable bonds is 5. The van der Waals surface area contributed by atoms with Crippen LogP contribution in [-0.4, -0.2) is 29.7 Å². The van der Waals surface area contributed by atoms with Crippen LogP contribution in [0.5, 0.6) is 0 Å². The summed E-state index contributed by atoms with van der Waals surface area (Å²) in [4.78, 5) is 11.7. The zero-order valence-electron chi connectivity index (χ0n) is 9.99. The number of halogens is 1. The fourth-order valence-electron chi connectivity index (χ4n) is 2.35. The number of alkyl halides is 1. The summed E-state index contributed by atoms with van der Waals surface area (Å²) in [6.07, 6.45) is 1.62. The number of carbonyl (C=O) groups is 1. The minimum Gasteiger partial charge on any atom is -0.390 e. The van der Waals surface area contributed by atoms with Crippen molar-refractivity contribution in [3.63, 3.8) is 0 Å². The summed E-state index contributed by atoms with van der Waals surface area (Å²) in [5, 5.41) is 9.87. The maximum absolute atomic E-state index is 11.7. The normalized spacial score (nSPS) is 28.4. The second kappa shape index (κ2) is 6.58. The minimum atomic E-state index is -0.701. The van der Waals surface area contributed by atoms with Crippen molar-refractivity contribution in [3.8, 4) is 0 Å². The standard InChI is InChI=1S/C12H21ClO3/c1-8(2)9-3-4-11(14)10(5-9)12(15)6-16-7-13/h8-10,12,15H,3-7H2,1-2H3. The molecule has 1 saturated carbocycles. The molecule has 0 aromatic heterocycles. The molecule has 0 aliphatic heterocycles. The van der Waals surface area contributed by atoms with Crippen molar-refractivity contribution >= 4 is 17.4 Å². The van der Waals surface area contributed by atoms with Gasteiger partial charge in [-0.15, -0.1) is 0 Å². The largest absolute Gasteiger partial charge is 0.390 e. The van der Waals surface area contributed by atoms with Crippen molar-refractivity contribution in [1.29, 1.82) is 0 Å². The molecular weight excluding hydrogens is 228 g/mol. The summed E-state index contributed by atoms with van der Waals surface area (Å²) in [5.74, 6) is 1.01. The summed E-state index contributed by atoms with van der Waals surface area (Å²) in [7, 11) is 0. The van der Waals surface area contributed by atoms with Crippen molar-refractivity contribution in [2.24, 2.45) is 17.8 Å². The van der Waals surface area contributed by atoms with Gasteiger partial charge in [0.05, 0.1) is 12.7 Å². The molecule has 3 nitrogen and oxygen atoms in total. The van der Waals surface area contributed by atoms with Gasteiger partial charge in [0.25, 0.3) is 0 Å². The Labute approximate surface area is 102 Å². The van der Waals surface area contributed by atoms with Crippen LogP contribution in [-0.2, 0) is 9.53 Å². The molecule has 1 rings (SSSR count). The van der Waals surface area contributed by atoms with Crippen LogP contribution in [0.25, 0.3) is 0 Å².